The molecule has 0 saturated heterocycles. The molecule has 1 unspecified atom stereocenters. The molecule has 1 aliphatic carbocycles. The highest BCUT2D eigenvalue weighted by atomic mass is 35.5. The predicted octanol–water partition coefficient (Wildman–Crippen LogP) is 0.380. The zero-order chi connectivity index (χ0) is 22.5. The Bertz CT molecular complexity index is 1000. The maximum Gasteiger partial charge on any atom is 0.266 e. The first-order chi connectivity index (χ1) is 14.7. The molecule has 0 aliphatic heterocycles. The molecule has 1 saturated carbocycles. The number of guanidine groups is 1. The molecule has 2 amide bonds. The van der Waals surface area contributed by atoms with E-state index in [1.165, 1.54) is 4.90 Å². The van der Waals surface area contributed by atoms with Gasteiger partial charge in [-0.3, -0.25) is 9.59 Å². The van der Waals surface area contributed by atoms with Crippen molar-refractivity contribution < 1.29 is 19.5 Å². The van der Waals surface area contributed by atoms with Gasteiger partial charge in [0, 0.05) is 18.4 Å². The van der Waals surface area contributed by atoms with Gasteiger partial charge in [-0.25, -0.2) is 4.98 Å². The number of aliphatic imine (C=N–C) groups is 1. The molecule has 0 bridgehead atoms. The van der Waals surface area contributed by atoms with Crippen molar-refractivity contribution in [3.63, 3.8) is 0 Å². The van der Waals surface area contributed by atoms with E-state index in [4.69, 9.17) is 11.5 Å². The maximum atomic E-state index is 13.1. The van der Waals surface area contributed by atoms with Crippen LogP contribution in [0.25, 0.3) is 0 Å². The van der Waals surface area contributed by atoms with Gasteiger partial charge in [0.1, 0.15) is 11.4 Å². The standard InChI is InChI=1S/C20H24N6O4S.ClH/c1-11-17(31-20(23-11)25-19(21)22)18(30)26(13-7-8-13)10-15(27)24-14(9-16(28)29)12-5-3-2-4-6-12;/h2-6,13-14H,7-10H2,1H3,(H,24,27)(H,28,29)(H4,21,22,23,25);1H/p-1. The van der Waals surface area contributed by atoms with E-state index in [1.807, 2.05) is 0 Å². The number of aliphatic carboxylic acids is 1. The van der Waals surface area contributed by atoms with Crippen molar-refractivity contribution >= 4 is 52.6 Å². The number of nitrogens with two attached hydrogens (primary N) is 2. The fourth-order valence-corrected chi connectivity index (χ4v) is 4.04. The number of carbonyl (C=O) groups excluding carboxylic acids is 3. The Kier molecular flexibility index (Phi) is 8.56. The number of thiazole rings is 1. The molecule has 1 aromatic carbocycles. The van der Waals surface area contributed by atoms with Gasteiger partial charge in [0.2, 0.25) is 11.0 Å². The SMILES string of the molecule is Cc1nc(N=C(N)N)sc1C(=O)N(CC(=O)NC(CC(=O)[O-])c1ccccc1)C1CC1.Cl. The van der Waals surface area contributed by atoms with Crippen LogP contribution in [-0.2, 0) is 9.59 Å². The van der Waals surface area contributed by atoms with Crippen LogP contribution in [0.2, 0.25) is 0 Å². The first-order valence-electron chi connectivity index (χ1n) is 9.66. The molecule has 1 aromatic heterocycles. The largest absolute Gasteiger partial charge is 0.550 e. The van der Waals surface area contributed by atoms with Gasteiger partial charge in [-0.2, -0.15) is 4.99 Å². The van der Waals surface area contributed by atoms with Gasteiger partial charge in [-0.05, 0) is 25.3 Å². The molecule has 2 aromatic rings. The third-order valence-corrected chi connectivity index (χ3v) is 5.71. The van der Waals surface area contributed by atoms with Gasteiger partial charge in [-0.15, -0.1) is 12.4 Å². The molecule has 1 fully saturated rings. The lowest BCUT2D eigenvalue weighted by Gasteiger charge is -2.24. The molecule has 3 rings (SSSR count). The van der Waals surface area contributed by atoms with Crippen LogP contribution in [-0.4, -0.2) is 46.2 Å². The molecule has 12 heteroatoms. The Labute approximate surface area is 195 Å². The van der Waals surface area contributed by atoms with E-state index in [0.717, 1.165) is 24.2 Å². The van der Waals surface area contributed by atoms with Crippen LogP contribution in [0, 0.1) is 6.92 Å². The van der Waals surface area contributed by atoms with E-state index < -0.39 is 17.9 Å². The summed E-state index contributed by atoms with van der Waals surface area (Å²) in [6.45, 7) is 1.47. The predicted molar refractivity (Wildman–Crippen MR) is 121 cm³/mol. The molecule has 0 radical (unpaired) electrons. The second-order valence-corrected chi connectivity index (χ2v) is 8.20. The number of carboxylic acids is 1. The van der Waals surface area contributed by atoms with Crippen molar-refractivity contribution in [1.29, 1.82) is 0 Å². The van der Waals surface area contributed by atoms with E-state index in [9.17, 15) is 19.5 Å². The van der Waals surface area contributed by atoms with Gasteiger partial charge in [-0.1, -0.05) is 41.7 Å². The van der Waals surface area contributed by atoms with Crippen LogP contribution in [0.3, 0.4) is 0 Å². The minimum atomic E-state index is -1.28. The number of hydrogen-bond acceptors (Lipinski definition) is 7. The second-order valence-electron chi connectivity index (χ2n) is 7.22. The summed E-state index contributed by atoms with van der Waals surface area (Å²) in [4.78, 5) is 46.9. The number of aromatic nitrogens is 1. The van der Waals surface area contributed by atoms with Crippen LogP contribution in [0.1, 0.15) is 46.2 Å². The highest BCUT2D eigenvalue weighted by molar-refractivity contribution is 7.17. The average molecular weight is 480 g/mol. The Morgan fingerprint density at radius 2 is 1.94 bits per heavy atom. The van der Waals surface area contributed by atoms with Crippen molar-refractivity contribution in [1.82, 2.24) is 15.2 Å². The number of benzene rings is 1. The van der Waals surface area contributed by atoms with Crippen LogP contribution in [0.15, 0.2) is 35.3 Å². The number of nitrogens with one attached hydrogen (secondary N) is 1. The number of carboxylic acid groups (broad SMARTS) is 1. The molecular formula is C20H24ClN6O4S-. The highest BCUT2D eigenvalue weighted by Crippen LogP contribution is 2.32. The van der Waals surface area contributed by atoms with Crippen molar-refractivity contribution in [3.8, 4) is 0 Å². The van der Waals surface area contributed by atoms with Crippen LogP contribution in [0.4, 0.5) is 5.13 Å². The van der Waals surface area contributed by atoms with E-state index in [2.05, 4.69) is 15.3 Å². The molecule has 32 heavy (non-hydrogen) atoms. The molecular weight excluding hydrogens is 456 g/mol. The van der Waals surface area contributed by atoms with Gasteiger partial charge in [0.05, 0.1) is 11.7 Å². The van der Waals surface area contributed by atoms with Crippen molar-refractivity contribution in [2.24, 2.45) is 16.5 Å². The zero-order valence-corrected chi connectivity index (χ0v) is 18.9. The smallest absolute Gasteiger partial charge is 0.266 e. The summed E-state index contributed by atoms with van der Waals surface area (Å²) in [6, 6.07) is 7.95. The second kappa shape index (κ2) is 10.9. The number of rotatable bonds is 9. The van der Waals surface area contributed by atoms with E-state index in [1.54, 1.807) is 37.3 Å². The van der Waals surface area contributed by atoms with Gasteiger partial charge in [0.15, 0.2) is 5.96 Å². The first kappa shape index (κ1) is 25.1. The Morgan fingerprint density at radius 1 is 1.28 bits per heavy atom. The molecule has 172 valence electrons. The fourth-order valence-electron chi connectivity index (χ4n) is 3.12. The summed E-state index contributed by atoms with van der Waals surface area (Å²) in [5, 5.41) is 14.1. The molecule has 1 heterocycles. The van der Waals surface area contributed by atoms with Gasteiger partial charge < -0.3 is 31.6 Å². The molecule has 0 spiro atoms. The van der Waals surface area contributed by atoms with E-state index in [0.29, 0.717) is 16.1 Å². The summed E-state index contributed by atoms with van der Waals surface area (Å²) >= 11 is 1.05. The van der Waals surface area contributed by atoms with E-state index in [-0.39, 0.29) is 48.4 Å². The number of carbonyl (C=O) groups is 3. The minimum Gasteiger partial charge on any atom is -0.550 e. The summed E-state index contributed by atoms with van der Waals surface area (Å²) in [5.74, 6) is -2.23. The molecule has 10 nitrogen and oxygen atoms in total. The Hall–Kier alpha value is -3.18. The number of nitrogens with zero attached hydrogens (tertiary/aromatic N) is 3. The third-order valence-electron chi connectivity index (χ3n) is 4.67. The lowest BCUT2D eigenvalue weighted by molar-refractivity contribution is -0.306. The number of hydrogen-bond donors (Lipinski definition) is 3. The zero-order valence-electron chi connectivity index (χ0n) is 17.3. The number of amides is 2. The first-order valence-corrected chi connectivity index (χ1v) is 10.5. The van der Waals surface area contributed by atoms with Crippen LogP contribution in [0.5, 0.6) is 0 Å². The number of halogens is 1. The molecule has 1 aliphatic rings. The summed E-state index contributed by atoms with van der Waals surface area (Å²) in [5.41, 5.74) is 11.9. The fraction of sp³-hybridized carbons (Fsp3) is 0.350. The topological polar surface area (TPSA) is 167 Å². The van der Waals surface area contributed by atoms with Crippen LogP contribution >= 0.6 is 23.7 Å². The third kappa shape index (κ3) is 6.66. The van der Waals surface area contributed by atoms with Gasteiger partial charge >= 0.3 is 0 Å². The number of aryl methyl sites for hydroxylation is 1. The van der Waals surface area contributed by atoms with Crippen molar-refractivity contribution in [2.45, 2.75) is 38.3 Å². The highest BCUT2D eigenvalue weighted by Gasteiger charge is 2.36. The van der Waals surface area contributed by atoms with Gasteiger partial charge in [0.25, 0.3) is 5.91 Å². The van der Waals surface area contributed by atoms with Crippen molar-refractivity contribution in [3.05, 3.63) is 46.5 Å². The summed E-state index contributed by atoms with van der Waals surface area (Å²) in [7, 11) is 0. The lowest BCUT2D eigenvalue weighted by atomic mass is 10.0. The lowest BCUT2D eigenvalue weighted by Crippen LogP contribution is -2.43. The maximum absolute atomic E-state index is 13.1. The Morgan fingerprint density at radius 3 is 2.50 bits per heavy atom. The monoisotopic (exact) mass is 479 g/mol. The van der Waals surface area contributed by atoms with E-state index >= 15 is 0 Å². The van der Waals surface area contributed by atoms with Crippen molar-refractivity contribution in [2.75, 3.05) is 6.54 Å². The summed E-state index contributed by atoms with van der Waals surface area (Å²) in [6.07, 6.45) is 1.21. The normalized spacial score (nSPS) is 13.4. The summed E-state index contributed by atoms with van der Waals surface area (Å²) < 4.78 is 0. The Balaban J connectivity index is 0.00000363. The molecule has 5 N–H and O–H groups in total. The average Bonchev–Trinajstić information content (AvgIpc) is 3.48. The van der Waals surface area contributed by atoms with Crippen LogP contribution < -0.4 is 21.9 Å². The molecule has 1 atom stereocenters. The minimum absolute atomic E-state index is 0. The quantitative estimate of drug-likeness (QED) is 0.345.